The number of thiophene rings is 1. The fourth-order valence-corrected chi connectivity index (χ4v) is 6.69. The van der Waals surface area contributed by atoms with E-state index in [-0.39, 0.29) is 22.8 Å². The predicted molar refractivity (Wildman–Crippen MR) is 124 cm³/mol. The van der Waals surface area contributed by atoms with Crippen molar-refractivity contribution in [3.05, 3.63) is 52.2 Å². The molecule has 2 aromatic rings. The van der Waals surface area contributed by atoms with E-state index < -0.39 is 10.0 Å². The van der Waals surface area contributed by atoms with Crippen LogP contribution in [0.1, 0.15) is 56.0 Å². The number of carbonyl (C=O) groups is 1. The van der Waals surface area contributed by atoms with Crippen LogP contribution in [0, 0.1) is 11.8 Å². The van der Waals surface area contributed by atoms with Crippen LogP contribution in [-0.2, 0) is 14.8 Å². The van der Waals surface area contributed by atoms with E-state index >= 15 is 0 Å². The Kier molecular flexibility index (Phi) is 6.48. The third-order valence-corrected chi connectivity index (χ3v) is 8.73. The van der Waals surface area contributed by atoms with Crippen molar-refractivity contribution in [1.29, 1.82) is 0 Å². The van der Waals surface area contributed by atoms with E-state index in [9.17, 15) is 13.2 Å². The molecule has 1 amide bonds. The molecule has 4 rings (SSSR count). The first-order valence-corrected chi connectivity index (χ1v) is 13.3. The monoisotopic (exact) mass is 459 g/mol. The highest BCUT2D eigenvalue weighted by molar-refractivity contribution is 7.90. The van der Waals surface area contributed by atoms with Gasteiger partial charge in [0.1, 0.15) is 4.90 Å². The van der Waals surface area contributed by atoms with Crippen LogP contribution < -0.4 is 5.32 Å². The van der Waals surface area contributed by atoms with Gasteiger partial charge in [-0.25, -0.2) is 0 Å². The van der Waals surface area contributed by atoms with Gasteiger partial charge < -0.3 is 10.2 Å². The van der Waals surface area contributed by atoms with Crippen LogP contribution in [0.2, 0.25) is 0 Å². The zero-order valence-corrected chi connectivity index (χ0v) is 19.6. The van der Waals surface area contributed by atoms with E-state index in [4.69, 9.17) is 0 Å². The van der Waals surface area contributed by atoms with Crippen LogP contribution in [0.4, 0.5) is 0 Å². The molecule has 3 heterocycles. The van der Waals surface area contributed by atoms with Crippen LogP contribution in [-0.4, -0.2) is 38.2 Å². The molecule has 0 radical (unpaired) electrons. The van der Waals surface area contributed by atoms with E-state index in [0.29, 0.717) is 43.2 Å². The quantitative estimate of drug-likeness (QED) is 0.702. The molecule has 166 valence electrons. The summed E-state index contributed by atoms with van der Waals surface area (Å²) < 4.78 is 28.7. The maximum atomic E-state index is 13.1. The van der Waals surface area contributed by atoms with Crippen LogP contribution in [0.3, 0.4) is 0 Å². The number of piperidine rings is 1. The lowest BCUT2D eigenvalue weighted by molar-refractivity contribution is -0.127. The molecule has 2 aliphatic rings. The molecule has 0 bridgehead atoms. The Morgan fingerprint density at radius 3 is 2.52 bits per heavy atom. The average Bonchev–Trinajstić information content (AvgIpc) is 3.41. The first-order chi connectivity index (χ1) is 14.9. The van der Waals surface area contributed by atoms with Crippen molar-refractivity contribution in [1.82, 2.24) is 10.2 Å². The van der Waals surface area contributed by atoms with E-state index in [1.54, 1.807) is 29.5 Å². The van der Waals surface area contributed by atoms with Crippen LogP contribution in [0.25, 0.3) is 0 Å². The molecular weight excluding hydrogens is 430 g/mol. The highest BCUT2D eigenvalue weighted by atomic mass is 32.2. The Morgan fingerprint density at radius 1 is 1.16 bits per heavy atom. The molecule has 1 fully saturated rings. The third kappa shape index (κ3) is 4.41. The van der Waals surface area contributed by atoms with Crippen LogP contribution >= 0.6 is 11.3 Å². The summed E-state index contributed by atoms with van der Waals surface area (Å²) in [7, 11) is -3.62. The molecule has 1 atom stereocenters. The van der Waals surface area contributed by atoms with Gasteiger partial charge in [-0.05, 0) is 42.3 Å². The van der Waals surface area contributed by atoms with Crippen molar-refractivity contribution in [2.75, 3.05) is 13.1 Å². The Labute approximate surface area is 188 Å². The minimum absolute atomic E-state index is 0.0526. The fourth-order valence-electron chi connectivity index (χ4n) is 4.59. The van der Waals surface area contributed by atoms with Crippen molar-refractivity contribution in [2.45, 2.75) is 50.5 Å². The molecule has 2 aliphatic heterocycles. The summed E-state index contributed by atoms with van der Waals surface area (Å²) in [6, 6.07) is 11.1. The van der Waals surface area contributed by atoms with Crippen molar-refractivity contribution < 1.29 is 13.2 Å². The lowest BCUT2D eigenvalue weighted by Gasteiger charge is -2.34. The maximum Gasteiger partial charge on any atom is 0.285 e. The third-order valence-electron chi connectivity index (χ3n) is 6.45. The largest absolute Gasteiger partial charge is 0.355 e. The summed E-state index contributed by atoms with van der Waals surface area (Å²) in [4.78, 5) is 16.6. The zero-order valence-electron chi connectivity index (χ0n) is 18.0. The van der Waals surface area contributed by atoms with Gasteiger partial charge in [0, 0.05) is 29.4 Å². The lowest BCUT2D eigenvalue weighted by atomic mass is 9.90. The second-order valence-corrected chi connectivity index (χ2v) is 10.8. The van der Waals surface area contributed by atoms with Gasteiger partial charge >= 0.3 is 0 Å². The summed E-state index contributed by atoms with van der Waals surface area (Å²) in [6.07, 6.45) is 3.41. The van der Waals surface area contributed by atoms with Crippen molar-refractivity contribution in [3.8, 4) is 0 Å². The number of nitrogens with one attached hydrogen (secondary N) is 1. The van der Waals surface area contributed by atoms with Gasteiger partial charge in [0.2, 0.25) is 5.91 Å². The van der Waals surface area contributed by atoms with Crippen molar-refractivity contribution in [3.63, 3.8) is 0 Å². The van der Waals surface area contributed by atoms with Gasteiger partial charge in [0.05, 0.1) is 6.04 Å². The van der Waals surface area contributed by atoms with E-state index in [0.717, 1.165) is 12.8 Å². The second-order valence-electron chi connectivity index (χ2n) is 8.23. The topological polar surface area (TPSA) is 78.8 Å². The summed E-state index contributed by atoms with van der Waals surface area (Å²) in [6.45, 7) is 5.59. The number of benzene rings is 1. The number of hydrogen-bond acceptors (Lipinski definition) is 5. The van der Waals surface area contributed by atoms with E-state index in [2.05, 4.69) is 35.0 Å². The predicted octanol–water partition coefficient (Wildman–Crippen LogP) is 4.20. The smallest absolute Gasteiger partial charge is 0.285 e. The maximum absolute atomic E-state index is 13.1. The Morgan fingerprint density at radius 2 is 1.87 bits per heavy atom. The highest BCUT2D eigenvalue weighted by Gasteiger charge is 2.35. The number of likely N-dealkylation sites (tertiary alicyclic amines) is 1. The Bertz CT molecular complexity index is 1050. The second kappa shape index (κ2) is 9.12. The number of rotatable bonds is 6. The summed E-state index contributed by atoms with van der Waals surface area (Å²) in [5.74, 6) is 0.966. The van der Waals surface area contributed by atoms with E-state index in [1.165, 1.54) is 4.88 Å². The zero-order chi connectivity index (χ0) is 22.0. The molecular formula is C23H29N3O3S2. The number of carbonyl (C=O) groups excluding carboxylic acids is 1. The standard InChI is InChI=1S/C23H29N3O3S2/c1-3-16(4-2)21(19-9-7-15-30-19)24-23(27)17-11-13-26(14-12-17)22-18-8-5-6-10-20(18)31(28,29)25-22/h5-10,15-17,21H,3-4,11-14H2,1-2H3,(H,24,27). The number of nitrogens with zero attached hydrogens (tertiary/aromatic N) is 2. The molecule has 8 heteroatoms. The average molecular weight is 460 g/mol. The first kappa shape index (κ1) is 22.0. The summed E-state index contributed by atoms with van der Waals surface area (Å²) in [5.41, 5.74) is 0.664. The van der Waals surface area contributed by atoms with Gasteiger partial charge in [-0.2, -0.15) is 8.42 Å². The molecule has 0 aliphatic carbocycles. The molecule has 1 saturated heterocycles. The fraction of sp³-hybridized carbons (Fsp3) is 0.478. The summed E-state index contributed by atoms with van der Waals surface area (Å²) >= 11 is 1.69. The lowest BCUT2D eigenvalue weighted by Crippen LogP contribution is -2.44. The molecule has 1 unspecified atom stereocenters. The molecule has 1 aromatic carbocycles. The number of hydrogen-bond donors (Lipinski definition) is 1. The minimum Gasteiger partial charge on any atom is -0.355 e. The molecule has 0 saturated carbocycles. The van der Waals surface area contributed by atoms with Crippen LogP contribution in [0.15, 0.2) is 51.1 Å². The number of fused-ring (bicyclic) bond motifs is 1. The summed E-state index contributed by atoms with van der Waals surface area (Å²) in [5, 5.41) is 5.39. The first-order valence-electron chi connectivity index (χ1n) is 11.0. The number of amides is 1. The number of amidine groups is 1. The SMILES string of the molecule is CCC(CC)C(NC(=O)C1CCN(C2=NS(=O)(=O)c3ccccc32)CC1)c1cccs1. The molecule has 6 nitrogen and oxygen atoms in total. The van der Waals surface area contributed by atoms with Gasteiger partial charge in [-0.1, -0.05) is 44.9 Å². The van der Waals surface area contributed by atoms with Gasteiger partial charge in [-0.15, -0.1) is 15.7 Å². The Hall–Kier alpha value is -2.19. The molecule has 31 heavy (non-hydrogen) atoms. The van der Waals surface area contributed by atoms with Gasteiger partial charge in [0.25, 0.3) is 10.0 Å². The van der Waals surface area contributed by atoms with E-state index in [1.807, 2.05) is 17.0 Å². The van der Waals surface area contributed by atoms with Gasteiger partial charge in [0.15, 0.2) is 5.84 Å². The molecule has 1 N–H and O–H groups in total. The molecule has 1 aromatic heterocycles. The minimum atomic E-state index is -3.62. The Balaban J connectivity index is 1.43. The van der Waals surface area contributed by atoms with Crippen LogP contribution in [0.5, 0.6) is 0 Å². The van der Waals surface area contributed by atoms with Crippen molar-refractivity contribution in [2.24, 2.45) is 16.2 Å². The molecule has 0 spiro atoms. The number of sulfonamides is 1. The van der Waals surface area contributed by atoms with Gasteiger partial charge in [-0.3, -0.25) is 4.79 Å². The van der Waals surface area contributed by atoms with Crippen molar-refractivity contribution >= 4 is 33.1 Å². The highest BCUT2D eigenvalue weighted by Crippen LogP contribution is 2.32. The normalized spacial score (nSPS) is 19.2.